The van der Waals surface area contributed by atoms with Gasteiger partial charge in [0.15, 0.2) is 21.3 Å². The number of carboxylic acids is 1. The fourth-order valence-electron chi connectivity index (χ4n) is 3.34. The highest BCUT2D eigenvalue weighted by atomic mass is 32.2. The van der Waals surface area contributed by atoms with Crippen molar-refractivity contribution in [3.8, 4) is 11.5 Å². The molecule has 1 aliphatic carbocycles. The Labute approximate surface area is 127 Å². The van der Waals surface area contributed by atoms with E-state index in [2.05, 4.69) is 0 Å². The third-order valence-electron chi connectivity index (χ3n) is 4.25. The van der Waals surface area contributed by atoms with Crippen LogP contribution in [0.4, 0.5) is 0 Å². The van der Waals surface area contributed by atoms with Crippen molar-refractivity contribution in [1.29, 1.82) is 0 Å². The van der Waals surface area contributed by atoms with Gasteiger partial charge < -0.3 is 19.3 Å². The van der Waals surface area contributed by atoms with Gasteiger partial charge in [-0.25, -0.2) is 8.42 Å². The molecule has 8 heteroatoms. The second-order valence-electron chi connectivity index (χ2n) is 5.62. The summed E-state index contributed by atoms with van der Waals surface area (Å²) in [7, 11) is -2.19. The predicted octanol–water partition coefficient (Wildman–Crippen LogP) is 0.643. The maximum absolute atomic E-state index is 12.0. The highest BCUT2D eigenvalue weighted by Gasteiger charge is 2.75. The first-order valence-corrected chi connectivity index (χ1v) is 8.58. The Kier molecular flexibility index (Phi) is 3.33. The van der Waals surface area contributed by atoms with Gasteiger partial charge in [-0.2, -0.15) is 0 Å². The summed E-state index contributed by atoms with van der Waals surface area (Å²) in [5.41, 5.74) is -0.866. The number of benzene rings is 1. The smallest absolute Gasteiger partial charge is 0.314 e. The summed E-state index contributed by atoms with van der Waals surface area (Å²) in [6, 6.07) is 4.98. The third-order valence-corrected chi connectivity index (χ3v) is 5.87. The van der Waals surface area contributed by atoms with Crippen LogP contribution in [-0.2, 0) is 19.4 Å². The molecular weight excluding hydrogens is 312 g/mol. The van der Waals surface area contributed by atoms with Gasteiger partial charge in [0.05, 0.1) is 11.9 Å². The van der Waals surface area contributed by atoms with Gasteiger partial charge in [-0.15, -0.1) is 0 Å². The number of sulfone groups is 1. The molecule has 0 radical (unpaired) electrons. The van der Waals surface area contributed by atoms with E-state index < -0.39 is 32.4 Å². The average molecular weight is 328 g/mol. The van der Waals surface area contributed by atoms with Crippen LogP contribution in [0.5, 0.6) is 11.5 Å². The summed E-state index contributed by atoms with van der Waals surface area (Å²) < 4.78 is 39.6. The number of aliphatic carboxylic acids is 1. The molecule has 22 heavy (non-hydrogen) atoms. The summed E-state index contributed by atoms with van der Waals surface area (Å²) in [5, 5.41) is 8.58. The Morgan fingerprint density at radius 1 is 1.41 bits per heavy atom. The first kappa shape index (κ1) is 15.1. The van der Waals surface area contributed by atoms with Crippen LogP contribution in [0, 0.1) is 5.41 Å². The first-order chi connectivity index (χ1) is 10.3. The van der Waals surface area contributed by atoms with Crippen molar-refractivity contribution >= 4 is 15.8 Å². The molecule has 3 rings (SSSR count). The van der Waals surface area contributed by atoms with Crippen molar-refractivity contribution in [2.24, 2.45) is 5.41 Å². The summed E-state index contributed by atoms with van der Waals surface area (Å²) >= 11 is 0. The standard InChI is InChI=1S/C14H16O7S/c1-19-6-14(13(15)16)11(12(14)22(2,17)18)8-3-4-9-10(5-8)21-7-20-9/h3-5,11-12H,6-7H2,1-2H3,(H,15,16)/t11-,12+,14-/m0/s1. The Hall–Kier alpha value is -1.80. The van der Waals surface area contributed by atoms with Crippen LogP contribution in [-0.4, -0.2) is 51.5 Å². The van der Waals surface area contributed by atoms with Crippen molar-refractivity contribution in [3.05, 3.63) is 23.8 Å². The molecule has 2 aliphatic rings. The largest absolute Gasteiger partial charge is 0.481 e. The molecule has 0 spiro atoms. The van der Waals surface area contributed by atoms with Gasteiger partial charge in [0, 0.05) is 19.3 Å². The van der Waals surface area contributed by atoms with E-state index in [1.807, 2.05) is 0 Å². The minimum Gasteiger partial charge on any atom is -0.481 e. The van der Waals surface area contributed by atoms with Crippen LogP contribution in [0.25, 0.3) is 0 Å². The van der Waals surface area contributed by atoms with E-state index in [-0.39, 0.29) is 13.4 Å². The zero-order valence-electron chi connectivity index (χ0n) is 12.1. The molecule has 0 saturated heterocycles. The van der Waals surface area contributed by atoms with Crippen LogP contribution in [0.15, 0.2) is 18.2 Å². The van der Waals surface area contributed by atoms with Gasteiger partial charge in [0.1, 0.15) is 5.41 Å². The molecule has 1 aliphatic heterocycles. The monoisotopic (exact) mass is 328 g/mol. The molecule has 1 aromatic carbocycles. The molecule has 1 aromatic rings. The molecule has 1 heterocycles. The van der Waals surface area contributed by atoms with Crippen LogP contribution >= 0.6 is 0 Å². The Bertz CT molecular complexity index is 727. The van der Waals surface area contributed by atoms with E-state index >= 15 is 0 Å². The van der Waals surface area contributed by atoms with Crippen molar-refractivity contribution in [2.75, 3.05) is 26.8 Å². The van der Waals surface area contributed by atoms with E-state index in [9.17, 15) is 18.3 Å². The van der Waals surface area contributed by atoms with Gasteiger partial charge in [-0.05, 0) is 17.7 Å². The van der Waals surface area contributed by atoms with Gasteiger partial charge in [-0.3, -0.25) is 4.79 Å². The lowest BCUT2D eigenvalue weighted by atomic mass is 9.99. The van der Waals surface area contributed by atoms with Crippen LogP contribution in [0.2, 0.25) is 0 Å². The fraction of sp³-hybridized carbons (Fsp3) is 0.500. The van der Waals surface area contributed by atoms with Crippen LogP contribution in [0.3, 0.4) is 0 Å². The normalized spacial score (nSPS) is 29.4. The Morgan fingerprint density at radius 3 is 2.68 bits per heavy atom. The number of rotatable bonds is 5. The van der Waals surface area contributed by atoms with Crippen molar-refractivity contribution < 1.29 is 32.5 Å². The zero-order chi connectivity index (χ0) is 16.1. The molecule has 0 amide bonds. The van der Waals surface area contributed by atoms with E-state index in [1.165, 1.54) is 7.11 Å². The minimum absolute atomic E-state index is 0.0983. The highest BCUT2D eigenvalue weighted by molar-refractivity contribution is 7.91. The molecule has 1 saturated carbocycles. The van der Waals surface area contributed by atoms with Gasteiger partial charge in [0.2, 0.25) is 6.79 Å². The number of ether oxygens (including phenoxy) is 3. The fourth-order valence-corrected chi connectivity index (χ4v) is 5.24. The number of fused-ring (bicyclic) bond motifs is 1. The van der Waals surface area contributed by atoms with E-state index in [4.69, 9.17) is 14.2 Å². The number of hydrogen-bond donors (Lipinski definition) is 1. The number of methoxy groups -OCH3 is 1. The van der Waals surface area contributed by atoms with E-state index in [1.54, 1.807) is 18.2 Å². The van der Waals surface area contributed by atoms with Crippen molar-refractivity contribution in [1.82, 2.24) is 0 Å². The topological polar surface area (TPSA) is 99.1 Å². The third kappa shape index (κ3) is 2.05. The maximum Gasteiger partial charge on any atom is 0.314 e. The summed E-state index contributed by atoms with van der Waals surface area (Å²) in [4.78, 5) is 11.7. The molecule has 3 atom stereocenters. The maximum atomic E-state index is 12.0. The molecule has 0 bridgehead atoms. The molecular formula is C14H16O7S. The van der Waals surface area contributed by atoms with Crippen molar-refractivity contribution in [2.45, 2.75) is 11.2 Å². The lowest BCUT2D eigenvalue weighted by molar-refractivity contribution is -0.145. The Balaban J connectivity index is 2.06. The molecule has 0 aromatic heterocycles. The lowest BCUT2D eigenvalue weighted by Crippen LogP contribution is -2.28. The van der Waals surface area contributed by atoms with E-state index in [0.717, 1.165) is 6.26 Å². The van der Waals surface area contributed by atoms with Crippen LogP contribution in [0.1, 0.15) is 11.5 Å². The number of hydrogen-bond acceptors (Lipinski definition) is 6. The van der Waals surface area contributed by atoms with Crippen molar-refractivity contribution in [3.63, 3.8) is 0 Å². The SMILES string of the molecule is COC[C@@]1(C(=O)O)[C@H](S(C)(=O)=O)[C@@H]1c1ccc2c(c1)OCO2. The summed E-state index contributed by atoms with van der Waals surface area (Å²) in [6.07, 6.45) is 1.05. The second-order valence-corrected chi connectivity index (χ2v) is 7.79. The molecule has 120 valence electrons. The van der Waals surface area contributed by atoms with E-state index in [0.29, 0.717) is 17.1 Å². The van der Waals surface area contributed by atoms with Crippen LogP contribution < -0.4 is 9.47 Å². The highest BCUT2D eigenvalue weighted by Crippen LogP contribution is 2.63. The molecule has 7 nitrogen and oxygen atoms in total. The number of carboxylic acid groups (broad SMARTS) is 1. The number of carbonyl (C=O) groups is 1. The molecule has 1 fully saturated rings. The molecule has 1 N–H and O–H groups in total. The predicted molar refractivity (Wildman–Crippen MR) is 75.9 cm³/mol. The molecule has 0 unspecified atom stereocenters. The first-order valence-electron chi connectivity index (χ1n) is 6.63. The van der Waals surface area contributed by atoms with Gasteiger partial charge in [0.25, 0.3) is 0 Å². The summed E-state index contributed by atoms with van der Waals surface area (Å²) in [6.45, 7) is -0.0692. The lowest BCUT2D eigenvalue weighted by Gasteiger charge is -2.11. The average Bonchev–Trinajstić information content (AvgIpc) is 2.91. The second kappa shape index (κ2) is 4.85. The minimum atomic E-state index is -3.55. The summed E-state index contributed by atoms with van der Waals surface area (Å²) in [5.74, 6) is -0.789. The zero-order valence-corrected chi connectivity index (χ0v) is 12.9. The quantitative estimate of drug-likeness (QED) is 0.847. The van der Waals surface area contributed by atoms with Gasteiger partial charge in [-0.1, -0.05) is 6.07 Å². The Morgan fingerprint density at radius 2 is 2.09 bits per heavy atom. The van der Waals surface area contributed by atoms with Gasteiger partial charge >= 0.3 is 5.97 Å².